The molecule has 0 fully saturated rings. The van der Waals surface area contributed by atoms with Crippen LogP contribution in [0.1, 0.15) is 22.5 Å². The number of carbonyl (C=O) groups is 2. The average molecular weight is 330 g/mol. The molecule has 7 nitrogen and oxygen atoms in total. The normalized spacial score (nSPS) is 10.2. The molecule has 0 aliphatic rings. The minimum Gasteiger partial charge on any atom is -0.497 e. The molecular weight excluding hydrogens is 308 g/mol. The van der Waals surface area contributed by atoms with E-state index >= 15 is 0 Å². The molecule has 7 heteroatoms. The summed E-state index contributed by atoms with van der Waals surface area (Å²) in [6, 6.07) is 9.45. The molecule has 2 rings (SSSR count). The van der Waals surface area contributed by atoms with E-state index in [1.54, 1.807) is 20.2 Å². The van der Waals surface area contributed by atoms with Gasteiger partial charge in [-0.15, -0.1) is 0 Å². The number of hydrogen-bond acceptors (Lipinski definition) is 4. The van der Waals surface area contributed by atoms with E-state index < -0.39 is 0 Å². The van der Waals surface area contributed by atoms with Crippen molar-refractivity contribution < 1.29 is 14.3 Å². The maximum absolute atomic E-state index is 11.8. The summed E-state index contributed by atoms with van der Waals surface area (Å²) in [7, 11) is 3.31. The SMILES string of the molecule is COc1cccc(CCCNC(=O)CNC(=O)c2ccnn2C)c1. The number of rotatable bonds is 8. The molecule has 2 aromatic rings. The van der Waals surface area contributed by atoms with E-state index in [2.05, 4.69) is 15.7 Å². The molecule has 0 aliphatic carbocycles. The molecule has 2 N–H and O–H groups in total. The van der Waals surface area contributed by atoms with Crippen molar-refractivity contribution >= 4 is 11.8 Å². The highest BCUT2D eigenvalue weighted by atomic mass is 16.5. The van der Waals surface area contributed by atoms with E-state index in [0.717, 1.165) is 24.2 Å². The van der Waals surface area contributed by atoms with Crippen molar-refractivity contribution in [2.75, 3.05) is 20.2 Å². The molecule has 0 bridgehead atoms. The summed E-state index contributed by atoms with van der Waals surface area (Å²) >= 11 is 0. The van der Waals surface area contributed by atoms with Crippen LogP contribution in [0.3, 0.4) is 0 Å². The number of aryl methyl sites for hydroxylation is 2. The van der Waals surface area contributed by atoms with Gasteiger partial charge in [-0.25, -0.2) is 0 Å². The third kappa shape index (κ3) is 5.12. The second-order valence-corrected chi connectivity index (χ2v) is 5.33. The summed E-state index contributed by atoms with van der Waals surface area (Å²) in [5.74, 6) is 0.298. The van der Waals surface area contributed by atoms with Crippen molar-refractivity contribution in [3.05, 3.63) is 47.8 Å². The standard InChI is InChI=1S/C17H22N4O3/c1-21-15(8-10-20-21)17(23)19-12-16(22)18-9-4-6-13-5-3-7-14(11-13)24-2/h3,5,7-8,10-11H,4,6,9,12H2,1-2H3,(H,18,22)(H,19,23). The zero-order valence-electron chi connectivity index (χ0n) is 13.9. The number of nitrogens with zero attached hydrogens (tertiary/aromatic N) is 2. The van der Waals surface area contributed by atoms with Gasteiger partial charge >= 0.3 is 0 Å². The van der Waals surface area contributed by atoms with Crippen molar-refractivity contribution in [3.63, 3.8) is 0 Å². The Labute approximate surface area is 141 Å². The Morgan fingerprint density at radius 1 is 1.25 bits per heavy atom. The summed E-state index contributed by atoms with van der Waals surface area (Å²) in [6.45, 7) is 0.501. The third-order valence-electron chi connectivity index (χ3n) is 3.56. The van der Waals surface area contributed by atoms with E-state index in [9.17, 15) is 9.59 Å². The molecule has 24 heavy (non-hydrogen) atoms. The van der Waals surface area contributed by atoms with Gasteiger partial charge in [0.25, 0.3) is 5.91 Å². The molecule has 2 amide bonds. The lowest BCUT2D eigenvalue weighted by molar-refractivity contribution is -0.120. The van der Waals surface area contributed by atoms with Gasteiger partial charge in [-0.3, -0.25) is 14.3 Å². The van der Waals surface area contributed by atoms with E-state index in [4.69, 9.17) is 4.74 Å². The minimum absolute atomic E-state index is 0.0524. The molecule has 0 aliphatic heterocycles. The summed E-state index contributed by atoms with van der Waals surface area (Å²) in [5, 5.41) is 9.27. The van der Waals surface area contributed by atoms with E-state index in [-0.39, 0.29) is 18.4 Å². The largest absolute Gasteiger partial charge is 0.497 e. The van der Waals surface area contributed by atoms with Crippen LogP contribution in [0.4, 0.5) is 0 Å². The van der Waals surface area contributed by atoms with Gasteiger partial charge in [-0.1, -0.05) is 12.1 Å². The van der Waals surface area contributed by atoms with Crippen LogP contribution in [0.5, 0.6) is 5.75 Å². The summed E-state index contributed by atoms with van der Waals surface area (Å²) in [4.78, 5) is 23.6. The quantitative estimate of drug-likeness (QED) is 0.705. The summed E-state index contributed by atoms with van der Waals surface area (Å²) < 4.78 is 6.64. The smallest absolute Gasteiger partial charge is 0.269 e. The average Bonchev–Trinajstić information content (AvgIpc) is 3.03. The number of hydrogen-bond donors (Lipinski definition) is 2. The topological polar surface area (TPSA) is 85.2 Å². The summed E-state index contributed by atoms with van der Waals surface area (Å²) in [5.41, 5.74) is 1.58. The zero-order valence-corrected chi connectivity index (χ0v) is 13.9. The van der Waals surface area contributed by atoms with E-state index in [0.29, 0.717) is 12.2 Å². The maximum Gasteiger partial charge on any atom is 0.269 e. The molecule has 0 unspecified atom stereocenters. The zero-order chi connectivity index (χ0) is 17.4. The van der Waals surface area contributed by atoms with Crippen LogP contribution in [0, 0.1) is 0 Å². The van der Waals surface area contributed by atoms with Gasteiger partial charge in [0, 0.05) is 19.8 Å². The molecule has 0 saturated carbocycles. The predicted octanol–water partition coefficient (Wildman–Crippen LogP) is 0.907. The Morgan fingerprint density at radius 3 is 2.79 bits per heavy atom. The van der Waals surface area contributed by atoms with Gasteiger partial charge in [0.1, 0.15) is 11.4 Å². The molecule has 1 aromatic heterocycles. The molecule has 1 heterocycles. The van der Waals surface area contributed by atoms with Crippen molar-refractivity contribution in [1.82, 2.24) is 20.4 Å². The molecule has 0 spiro atoms. The first-order valence-corrected chi connectivity index (χ1v) is 7.76. The Morgan fingerprint density at radius 2 is 2.08 bits per heavy atom. The van der Waals surface area contributed by atoms with Gasteiger partial charge in [0.05, 0.1) is 13.7 Å². The van der Waals surface area contributed by atoms with Gasteiger partial charge in [0.15, 0.2) is 0 Å². The maximum atomic E-state index is 11.8. The van der Waals surface area contributed by atoms with Crippen molar-refractivity contribution in [3.8, 4) is 5.75 Å². The molecule has 0 radical (unpaired) electrons. The molecule has 128 valence electrons. The van der Waals surface area contributed by atoms with Crippen LogP contribution >= 0.6 is 0 Å². The van der Waals surface area contributed by atoms with Crippen LogP contribution in [-0.4, -0.2) is 41.8 Å². The fraction of sp³-hybridized carbons (Fsp3) is 0.353. The van der Waals surface area contributed by atoms with Crippen LogP contribution in [0.15, 0.2) is 36.5 Å². The first kappa shape index (κ1) is 17.5. The monoisotopic (exact) mass is 330 g/mol. The Kier molecular flexibility index (Phi) is 6.36. The molecular formula is C17H22N4O3. The lowest BCUT2D eigenvalue weighted by Gasteiger charge is -2.08. The number of carbonyl (C=O) groups excluding carboxylic acids is 2. The lowest BCUT2D eigenvalue weighted by atomic mass is 10.1. The number of amides is 2. The van der Waals surface area contributed by atoms with Crippen LogP contribution < -0.4 is 15.4 Å². The van der Waals surface area contributed by atoms with E-state index in [1.165, 1.54) is 10.9 Å². The van der Waals surface area contributed by atoms with Gasteiger partial charge in [-0.2, -0.15) is 5.10 Å². The summed E-state index contributed by atoms with van der Waals surface area (Å²) in [6.07, 6.45) is 3.20. The first-order valence-electron chi connectivity index (χ1n) is 7.76. The highest BCUT2D eigenvalue weighted by Gasteiger charge is 2.10. The van der Waals surface area contributed by atoms with Crippen LogP contribution in [-0.2, 0) is 18.3 Å². The highest BCUT2D eigenvalue weighted by Crippen LogP contribution is 2.13. The minimum atomic E-state index is -0.318. The number of benzene rings is 1. The number of nitrogens with one attached hydrogen (secondary N) is 2. The Hall–Kier alpha value is -2.83. The molecule has 0 saturated heterocycles. The number of ether oxygens (including phenoxy) is 1. The molecule has 0 atom stereocenters. The second kappa shape index (κ2) is 8.71. The lowest BCUT2D eigenvalue weighted by Crippen LogP contribution is -2.37. The predicted molar refractivity (Wildman–Crippen MR) is 89.9 cm³/mol. The first-order chi connectivity index (χ1) is 11.6. The Bertz CT molecular complexity index is 697. The fourth-order valence-corrected chi connectivity index (χ4v) is 2.26. The van der Waals surface area contributed by atoms with Crippen molar-refractivity contribution in [2.45, 2.75) is 12.8 Å². The number of methoxy groups -OCH3 is 1. The van der Waals surface area contributed by atoms with Crippen LogP contribution in [0.2, 0.25) is 0 Å². The van der Waals surface area contributed by atoms with Crippen LogP contribution in [0.25, 0.3) is 0 Å². The Balaban J connectivity index is 1.64. The van der Waals surface area contributed by atoms with Crippen molar-refractivity contribution in [1.29, 1.82) is 0 Å². The van der Waals surface area contributed by atoms with Crippen molar-refractivity contribution in [2.24, 2.45) is 7.05 Å². The highest BCUT2D eigenvalue weighted by molar-refractivity contribution is 5.94. The van der Waals surface area contributed by atoms with Gasteiger partial charge in [-0.05, 0) is 36.6 Å². The fourth-order valence-electron chi connectivity index (χ4n) is 2.26. The second-order valence-electron chi connectivity index (χ2n) is 5.33. The van der Waals surface area contributed by atoms with Gasteiger partial charge < -0.3 is 15.4 Å². The molecule has 1 aromatic carbocycles. The van der Waals surface area contributed by atoms with Gasteiger partial charge in [0.2, 0.25) is 5.91 Å². The third-order valence-corrected chi connectivity index (χ3v) is 3.56. The number of aromatic nitrogens is 2. The van der Waals surface area contributed by atoms with E-state index in [1.807, 2.05) is 24.3 Å².